The lowest BCUT2D eigenvalue weighted by Crippen LogP contribution is -2.30. The summed E-state index contributed by atoms with van der Waals surface area (Å²) in [4.78, 5) is 37.9. The van der Waals surface area contributed by atoms with Crippen LogP contribution in [0.25, 0.3) is 0 Å². The molecule has 65 heavy (non-hydrogen) atoms. The number of allylic oxidation sites excluding steroid dienone is 16. The Kier molecular flexibility index (Phi) is 50.0. The highest BCUT2D eigenvalue weighted by Crippen LogP contribution is 2.14. The van der Waals surface area contributed by atoms with E-state index in [1.54, 1.807) is 0 Å². The zero-order valence-corrected chi connectivity index (χ0v) is 42.2. The van der Waals surface area contributed by atoms with Gasteiger partial charge in [0.25, 0.3) is 0 Å². The van der Waals surface area contributed by atoms with Gasteiger partial charge in [-0.25, -0.2) is 0 Å². The van der Waals surface area contributed by atoms with Gasteiger partial charge in [0, 0.05) is 19.3 Å². The maximum Gasteiger partial charge on any atom is 0.306 e. The van der Waals surface area contributed by atoms with Crippen LogP contribution in [-0.4, -0.2) is 37.2 Å². The quantitative estimate of drug-likeness (QED) is 0.0262. The summed E-state index contributed by atoms with van der Waals surface area (Å²) in [6.45, 7) is 6.41. The molecule has 0 aliphatic heterocycles. The molecule has 0 aromatic rings. The summed E-state index contributed by atoms with van der Waals surface area (Å²) in [6, 6.07) is 0. The van der Waals surface area contributed by atoms with Crippen LogP contribution in [0, 0.1) is 0 Å². The molecule has 0 aliphatic rings. The molecule has 0 fully saturated rings. The monoisotopic (exact) mass is 903 g/mol. The van der Waals surface area contributed by atoms with Crippen molar-refractivity contribution in [2.45, 2.75) is 245 Å². The van der Waals surface area contributed by atoms with Crippen molar-refractivity contribution in [1.29, 1.82) is 0 Å². The van der Waals surface area contributed by atoms with Crippen LogP contribution in [0.1, 0.15) is 239 Å². The van der Waals surface area contributed by atoms with E-state index < -0.39 is 6.10 Å². The minimum absolute atomic E-state index is 0.0934. The molecule has 0 saturated carbocycles. The average Bonchev–Trinajstić information content (AvgIpc) is 3.30. The van der Waals surface area contributed by atoms with Crippen molar-refractivity contribution in [3.05, 3.63) is 97.2 Å². The second-order valence-electron chi connectivity index (χ2n) is 17.4. The number of carbonyl (C=O) groups excluding carboxylic acids is 3. The predicted molar refractivity (Wildman–Crippen MR) is 279 cm³/mol. The summed E-state index contributed by atoms with van der Waals surface area (Å²) in [5, 5.41) is 0. The van der Waals surface area contributed by atoms with E-state index in [0.717, 1.165) is 103 Å². The molecule has 0 radical (unpaired) electrons. The fraction of sp³-hybridized carbons (Fsp3) is 0.678. The first-order valence-corrected chi connectivity index (χ1v) is 26.7. The molecule has 1 unspecified atom stereocenters. The Morgan fingerprint density at radius 3 is 1.00 bits per heavy atom. The number of ether oxygens (including phenoxy) is 3. The SMILES string of the molecule is CC/C=C\C/C=C\C/C=C\C/C=C\C/C=C\C/C=C\CCCCC(=O)OCC(COC(=O)CCCCCCCCC)OC(=O)CCCCCCCCCCC/C=C\C/C=C\CCCCC. The number of unbranched alkanes of at least 4 members (excludes halogenated alkanes) is 20. The fourth-order valence-electron chi connectivity index (χ4n) is 7.06. The van der Waals surface area contributed by atoms with Crippen molar-refractivity contribution in [2.75, 3.05) is 13.2 Å². The minimum atomic E-state index is -0.795. The number of carbonyl (C=O) groups is 3. The van der Waals surface area contributed by atoms with E-state index in [-0.39, 0.29) is 31.1 Å². The van der Waals surface area contributed by atoms with Gasteiger partial charge in [0.15, 0.2) is 6.10 Å². The van der Waals surface area contributed by atoms with Crippen LogP contribution in [0.2, 0.25) is 0 Å². The topological polar surface area (TPSA) is 78.9 Å². The highest BCUT2D eigenvalue weighted by molar-refractivity contribution is 5.71. The summed E-state index contributed by atoms with van der Waals surface area (Å²) in [5.74, 6) is -0.951. The van der Waals surface area contributed by atoms with Crippen LogP contribution in [0.5, 0.6) is 0 Å². The number of esters is 3. The molecule has 6 nitrogen and oxygen atoms in total. The lowest BCUT2D eigenvalue weighted by Gasteiger charge is -2.18. The molecule has 0 aliphatic carbocycles. The van der Waals surface area contributed by atoms with E-state index >= 15 is 0 Å². The van der Waals surface area contributed by atoms with Gasteiger partial charge in [-0.3, -0.25) is 14.4 Å². The standard InChI is InChI=1S/C59H98O6/c1-4-7-10-13-16-18-20-22-24-26-28-29-31-32-34-36-38-40-43-46-49-52-58(61)64-55-56(54-63-57(60)51-48-45-42-15-12-9-6-3)65-59(62)53-50-47-44-41-39-37-35-33-30-27-25-23-21-19-17-14-11-8-5-2/h7,10,16-19,22-25,28-29,32,34,38,40,56H,4-6,8-9,11-15,20-21,26-27,30-31,33,35-37,39,41-55H2,1-3H3/b10-7-,18-16-,19-17-,24-22-,25-23-,29-28-,34-32-,40-38-. The van der Waals surface area contributed by atoms with Gasteiger partial charge in [0.2, 0.25) is 0 Å². The predicted octanol–water partition coefficient (Wildman–Crippen LogP) is 17.8. The fourth-order valence-corrected chi connectivity index (χ4v) is 7.06. The first-order chi connectivity index (χ1) is 32.0. The van der Waals surface area contributed by atoms with Gasteiger partial charge in [-0.05, 0) is 103 Å². The highest BCUT2D eigenvalue weighted by atomic mass is 16.6. The Morgan fingerprint density at radius 2 is 0.600 bits per heavy atom. The van der Waals surface area contributed by atoms with Crippen molar-refractivity contribution >= 4 is 17.9 Å². The zero-order chi connectivity index (χ0) is 47.2. The summed E-state index contributed by atoms with van der Waals surface area (Å²) in [5.41, 5.74) is 0. The van der Waals surface area contributed by atoms with Gasteiger partial charge in [-0.1, -0.05) is 214 Å². The van der Waals surface area contributed by atoms with Gasteiger partial charge >= 0.3 is 17.9 Å². The minimum Gasteiger partial charge on any atom is -0.462 e. The van der Waals surface area contributed by atoms with Crippen LogP contribution >= 0.6 is 0 Å². The first kappa shape index (κ1) is 61.3. The van der Waals surface area contributed by atoms with E-state index in [9.17, 15) is 14.4 Å². The Labute approximate surface area is 400 Å². The largest absolute Gasteiger partial charge is 0.462 e. The van der Waals surface area contributed by atoms with E-state index in [4.69, 9.17) is 14.2 Å². The normalized spacial score (nSPS) is 12.8. The van der Waals surface area contributed by atoms with E-state index in [1.165, 1.54) is 96.3 Å². The van der Waals surface area contributed by atoms with Crippen molar-refractivity contribution < 1.29 is 28.6 Å². The summed E-state index contributed by atoms with van der Waals surface area (Å²) in [7, 11) is 0. The Balaban J connectivity index is 4.34. The summed E-state index contributed by atoms with van der Waals surface area (Å²) >= 11 is 0. The van der Waals surface area contributed by atoms with Crippen molar-refractivity contribution in [2.24, 2.45) is 0 Å². The third-order valence-electron chi connectivity index (χ3n) is 11.1. The molecule has 0 amide bonds. The molecule has 0 N–H and O–H groups in total. The summed E-state index contributed by atoms with van der Waals surface area (Å²) in [6.07, 6.45) is 69.8. The van der Waals surface area contributed by atoms with Crippen LogP contribution in [-0.2, 0) is 28.6 Å². The molecule has 370 valence electrons. The zero-order valence-electron chi connectivity index (χ0n) is 42.2. The number of rotatable bonds is 47. The van der Waals surface area contributed by atoms with Gasteiger partial charge in [0.05, 0.1) is 0 Å². The molecule has 0 aromatic heterocycles. The lowest BCUT2D eigenvalue weighted by molar-refractivity contribution is -0.167. The number of hydrogen-bond acceptors (Lipinski definition) is 6. The Morgan fingerprint density at radius 1 is 0.323 bits per heavy atom. The van der Waals surface area contributed by atoms with E-state index in [1.807, 2.05) is 0 Å². The Hall–Kier alpha value is -3.67. The molecular weight excluding hydrogens is 805 g/mol. The third-order valence-corrected chi connectivity index (χ3v) is 11.1. The molecule has 0 saturated heterocycles. The average molecular weight is 903 g/mol. The second-order valence-corrected chi connectivity index (χ2v) is 17.4. The van der Waals surface area contributed by atoms with Crippen LogP contribution in [0.3, 0.4) is 0 Å². The molecular formula is C59H98O6. The molecule has 0 bridgehead atoms. The molecule has 0 heterocycles. The maximum absolute atomic E-state index is 12.8. The van der Waals surface area contributed by atoms with E-state index in [0.29, 0.717) is 19.3 Å². The molecule has 6 heteroatoms. The van der Waals surface area contributed by atoms with Crippen molar-refractivity contribution in [3.63, 3.8) is 0 Å². The molecule has 0 aromatic carbocycles. The van der Waals surface area contributed by atoms with Crippen molar-refractivity contribution in [1.82, 2.24) is 0 Å². The van der Waals surface area contributed by atoms with E-state index in [2.05, 4.69) is 118 Å². The molecule has 0 spiro atoms. The van der Waals surface area contributed by atoms with Gasteiger partial charge in [-0.15, -0.1) is 0 Å². The van der Waals surface area contributed by atoms with Gasteiger partial charge in [-0.2, -0.15) is 0 Å². The summed E-state index contributed by atoms with van der Waals surface area (Å²) < 4.78 is 16.7. The smallest absolute Gasteiger partial charge is 0.306 e. The van der Waals surface area contributed by atoms with Crippen molar-refractivity contribution in [3.8, 4) is 0 Å². The van der Waals surface area contributed by atoms with Crippen LogP contribution < -0.4 is 0 Å². The first-order valence-electron chi connectivity index (χ1n) is 26.7. The second kappa shape index (κ2) is 52.9. The Bertz CT molecular complexity index is 1310. The van der Waals surface area contributed by atoms with Crippen LogP contribution in [0.4, 0.5) is 0 Å². The van der Waals surface area contributed by atoms with Crippen LogP contribution in [0.15, 0.2) is 97.2 Å². The lowest BCUT2D eigenvalue weighted by atomic mass is 10.1. The maximum atomic E-state index is 12.8. The molecule has 0 rings (SSSR count). The van der Waals surface area contributed by atoms with Gasteiger partial charge in [0.1, 0.15) is 13.2 Å². The highest BCUT2D eigenvalue weighted by Gasteiger charge is 2.19. The molecule has 1 atom stereocenters. The third kappa shape index (κ3) is 51.2. The number of hydrogen-bond donors (Lipinski definition) is 0. The van der Waals surface area contributed by atoms with Gasteiger partial charge < -0.3 is 14.2 Å².